The molecule has 10 nitrogen and oxygen atoms in total. The molecule has 1 aliphatic heterocycles. The first-order valence-electron chi connectivity index (χ1n) is 9.20. The zero-order valence-corrected chi connectivity index (χ0v) is 17.0. The van der Waals surface area contributed by atoms with Gasteiger partial charge in [-0.2, -0.15) is 4.31 Å². The van der Waals surface area contributed by atoms with E-state index in [-0.39, 0.29) is 5.03 Å². The van der Waals surface area contributed by atoms with Crippen LogP contribution in [-0.2, 0) is 17.1 Å². The second-order valence-corrected chi connectivity index (χ2v) is 8.63. The summed E-state index contributed by atoms with van der Waals surface area (Å²) >= 11 is 0. The van der Waals surface area contributed by atoms with Gasteiger partial charge >= 0.3 is 0 Å². The number of piperazine rings is 1. The zero-order chi connectivity index (χ0) is 20.4. The van der Waals surface area contributed by atoms with Gasteiger partial charge in [-0.15, -0.1) is 10.2 Å². The van der Waals surface area contributed by atoms with Gasteiger partial charge in [-0.05, 0) is 31.2 Å². The number of imidazole rings is 1. The second-order valence-electron chi connectivity index (χ2n) is 6.75. The summed E-state index contributed by atoms with van der Waals surface area (Å²) in [5.74, 6) is 2.66. The quantitative estimate of drug-likeness (QED) is 0.663. The van der Waals surface area contributed by atoms with E-state index in [2.05, 4.69) is 25.5 Å². The predicted octanol–water partition coefficient (Wildman–Crippen LogP) is 1.17. The van der Waals surface area contributed by atoms with Gasteiger partial charge in [0.2, 0.25) is 0 Å². The van der Waals surface area contributed by atoms with Crippen molar-refractivity contribution in [1.29, 1.82) is 0 Å². The first kappa shape index (κ1) is 19.3. The summed E-state index contributed by atoms with van der Waals surface area (Å²) < 4.78 is 28.8. The van der Waals surface area contributed by atoms with Crippen molar-refractivity contribution in [2.75, 3.05) is 36.4 Å². The van der Waals surface area contributed by atoms with Crippen LogP contribution in [0, 0.1) is 6.92 Å². The molecule has 1 aliphatic rings. The second kappa shape index (κ2) is 7.76. The van der Waals surface area contributed by atoms with E-state index >= 15 is 0 Å². The third-order valence-corrected chi connectivity index (χ3v) is 6.60. The van der Waals surface area contributed by atoms with Crippen LogP contribution in [-0.4, -0.2) is 63.6 Å². The molecule has 1 saturated heterocycles. The van der Waals surface area contributed by atoms with Gasteiger partial charge in [-0.1, -0.05) is 6.07 Å². The van der Waals surface area contributed by atoms with Crippen molar-refractivity contribution in [2.45, 2.75) is 11.9 Å². The van der Waals surface area contributed by atoms with Crippen LogP contribution in [0.2, 0.25) is 0 Å². The number of nitrogens with one attached hydrogen (secondary N) is 1. The van der Waals surface area contributed by atoms with Crippen LogP contribution < -0.4 is 10.2 Å². The van der Waals surface area contributed by atoms with Crippen LogP contribution >= 0.6 is 0 Å². The maximum atomic E-state index is 12.8. The molecule has 29 heavy (non-hydrogen) atoms. The topological polar surface area (TPSA) is 109 Å². The van der Waals surface area contributed by atoms with Crippen LogP contribution in [0.1, 0.15) is 5.82 Å². The third kappa shape index (κ3) is 4.05. The molecule has 152 valence electrons. The Kier molecular flexibility index (Phi) is 5.16. The SMILES string of the molecule is Cc1nc(S(=O)(=O)N2CCN(c3ccc(Nc4ccccn4)nn3)CC2)cn1C. The monoisotopic (exact) mass is 414 g/mol. The molecule has 0 spiro atoms. The van der Waals surface area contributed by atoms with Gasteiger partial charge in [-0.3, -0.25) is 0 Å². The number of hydrogen-bond acceptors (Lipinski definition) is 8. The van der Waals surface area contributed by atoms with Crippen LogP contribution in [0.25, 0.3) is 0 Å². The molecule has 4 heterocycles. The number of aromatic nitrogens is 5. The highest BCUT2D eigenvalue weighted by Crippen LogP contribution is 2.20. The van der Waals surface area contributed by atoms with Crippen LogP contribution in [0.4, 0.5) is 17.5 Å². The average molecular weight is 414 g/mol. The largest absolute Gasteiger partial charge is 0.352 e. The lowest BCUT2D eigenvalue weighted by atomic mass is 10.3. The molecule has 11 heteroatoms. The molecule has 3 aromatic heterocycles. The number of aryl methyl sites for hydroxylation is 2. The molecule has 0 atom stereocenters. The van der Waals surface area contributed by atoms with Crippen LogP contribution in [0.5, 0.6) is 0 Å². The van der Waals surface area contributed by atoms with Crippen molar-refractivity contribution >= 4 is 27.5 Å². The van der Waals surface area contributed by atoms with Crippen molar-refractivity contribution in [3.8, 4) is 0 Å². The summed E-state index contributed by atoms with van der Waals surface area (Å²) in [4.78, 5) is 10.4. The van der Waals surface area contributed by atoms with Crippen molar-refractivity contribution < 1.29 is 8.42 Å². The lowest BCUT2D eigenvalue weighted by molar-refractivity contribution is 0.382. The molecule has 0 bridgehead atoms. The molecule has 1 N–H and O–H groups in total. The van der Waals surface area contributed by atoms with Gasteiger partial charge < -0.3 is 14.8 Å². The number of anilines is 3. The lowest BCUT2D eigenvalue weighted by Gasteiger charge is -2.33. The maximum Gasteiger partial charge on any atom is 0.262 e. The standard InChI is InChI=1S/C18H22N8O2S/c1-14-20-18(13-24(14)2)29(27,28)26-11-9-25(10-12-26)17-7-6-16(22-23-17)21-15-5-3-4-8-19-15/h3-8,13H,9-12H2,1-2H3,(H,19,21,22). The van der Waals surface area contributed by atoms with E-state index in [0.29, 0.717) is 49.5 Å². The molecule has 0 unspecified atom stereocenters. The Morgan fingerprint density at radius 3 is 2.38 bits per heavy atom. The highest BCUT2D eigenvalue weighted by atomic mass is 32.2. The summed E-state index contributed by atoms with van der Waals surface area (Å²) in [6.45, 7) is 3.59. The molecule has 0 saturated carbocycles. The Morgan fingerprint density at radius 1 is 1.00 bits per heavy atom. The lowest BCUT2D eigenvalue weighted by Crippen LogP contribution is -2.49. The molecule has 3 aromatic rings. The summed E-state index contributed by atoms with van der Waals surface area (Å²) in [7, 11) is -1.81. The number of rotatable bonds is 5. The number of sulfonamides is 1. The minimum absolute atomic E-state index is 0.0932. The van der Waals surface area contributed by atoms with Crippen molar-refractivity contribution in [1.82, 2.24) is 29.0 Å². The van der Waals surface area contributed by atoms with E-state index < -0.39 is 10.0 Å². The van der Waals surface area contributed by atoms with E-state index in [0.717, 1.165) is 0 Å². The molecular weight excluding hydrogens is 392 g/mol. The van der Waals surface area contributed by atoms with E-state index in [1.54, 1.807) is 30.9 Å². The predicted molar refractivity (Wildman–Crippen MR) is 108 cm³/mol. The molecule has 4 rings (SSSR count). The zero-order valence-electron chi connectivity index (χ0n) is 16.2. The van der Waals surface area contributed by atoms with Gasteiger partial charge in [0.1, 0.15) is 11.6 Å². The molecule has 0 radical (unpaired) electrons. The van der Waals surface area contributed by atoms with E-state index in [4.69, 9.17) is 0 Å². The highest BCUT2D eigenvalue weighted by molar-refractivity contribution is 7.89. The first-order chi connectivity index (χ1) is 13.9. The normalized spacial score (nSPS) is 15.4. The first-order valence-corrected chi connectivity index (χ1v) is 10.6. The number of nitrogens with zero attached hydrogens (tertiary/aromatic N) is 7. The highest BCUT2D eigenvalue weighted by Gasteiger charge is 2.31. The molecule has 0 amide bonds. The van der Waals surface area contributed by atoms with Gasteiger partial charge in [-0.25, -0.2) is 18.4 Å². The van der Waals surface area contributed by atoms with Crippen LogP contribution in [0.3, 0.4) is 0 Å². The summed E-state index contributed by atoms with van der Waals surface area (Å²) in [5, 5.41) is 11.6. The van der Waals surface area contributed by atoms with Gasteiger partial charge in [0.05, 0.1) is 0 Å². The Morgan fingerprint density at radius 2 is 1.79 bits per heavy atom. The van der Waals surface area contributed by atoms with E-state index in [1.807, 2.05) is 35.2 Å². The molecule has 0 aliphatic carbocycles. The van der Waals surface area contributed by atoms with E-state index in [9.17, 15) is 8.42 Å². The Hall–Kier alpha value is -3.05. The van der Waals surface area contributed by atoms with Gasteiger partial charge in [0.15, 0.2) is 16.7 Å². The Labute approximate surface area is 169 Å². The van der Waals surface area contributed by atoms with Crippen LogP contribution in [0.15, 0.2) is 47.8 Å². The van der Waals surface area contributed by atoms with E-state index in [1.165, 1.54) is 4.31 Å². The number of hydrogen-bond donors (Lipinski definition) is 1. The molecule has 1 fully saturated rings. The fourth-order valence-electron chi connectivity index (χ4n) is 3.07. The van der Waals surface area contributed by atoms with Gasteiger partial charge in [0.25, 0.3) is 10.0 Å². The van der Waals surface area contributed by atoms with Crippen molar-refractivity contribution in [2.24, 2.45) is 7.05 Å². The Bertz CT molecular complexity index is 1060. The molecular formula is C18H22N8O2S. The Balaban J connectivity index is 1.39. The van der Waals surface area contributed by atoms with Crippen molar-refractivity contribution in [3.63, 3.8) is 0 Å². The van der Waals surface area contributed by atoms with Crippen molar-refractivity contribution in [3.05, 3.63) is 48.5 Å². The minimum atomic E-state index is -3.59. The van der Waals surface area contributed by atoms with Gasteiger partial charge in [0, 0.05) is 45.6 Å². The number of pyridine rings is 1. The smallest absolute Gasteiger partial charge is 0.262 e. The third-order valence-electron chi connectivity index (χ3n) is 4.82. The summed E-state index contributed by atoms with van der Waals surface area (Å²) in [6.07, 6.45) is 3.25. The summed E-state index contributed by atoms with van der Waals surface area (Å²) in [6, 6.07) is 9.27. The fourth-order valence-corrected chi connectivity index (χ4v) is 4.52. The maximum absolute atomic E-state index is 12.8. The fraction of sp³-hybridized carbons (Fsp3) is 0.333. The minimum Gasteiger partial charge on any atom is -0.352 e. The average Bonchev–Trinajstić information content (AvgIpc) is 3.09. The molecule has 0 aromatic carbocycles. The summed E-state index contributed by atoms with van der Waals surface area (Å²) in [5.41, 5.74) is 0.